The van der Waals surface area contributed by atoms with E-state index in [4.69, 9.17) is 4.42 Å². The van der Waals surface area contributed by atoms with Crippen LogP contribution < -0.4 is 5.76 Å². The Labute approximate surface area is 149 Å². The number of rotatable bonds is 3. The Morgan fingerprint density at radius 3 is 2.60 bits per heavy atom. The molecule has 0 unspecified atom stereocenters. The molecule has 0 atom stereocenters. The number of hydrogen-bond acceptors (Lipinski definition) is 4. The summed E-state index contributed by atoms with van der Waals surface area (Å²) in [4.78, 5) is 17.1. The van der Waals surface area contributed by atoms with Crippen molar-refractivity contribution < 1.29 is 4.42 Å². The summed E-state index contributed by atoms with van der Waals surface area (Å²) in [5.74, 6) is -0.234. The van der Waals surface area contributed by atoms with Crippen LogP contribution in [0.1, 0.15) is 32.1 Å². The molecule has 2 aromatic rings. The van der Waals surface area contributed by atoms with Crippen molar-refractivity contribution in [1.82, 2.24) is 14.4 Å². The number of nitrogens with zero attached hydrogens (tertiary/aromatic N) is 3. The Morgan fingerprint density at radius 2 is 1.76 bits per heavy atom. The van der Waals surface area contributed by atoms with Crippen LogP contribution in [0.3, 0.4) is 0 Å². The van der Waals surface area contributed by atoms with Gasteiger partial charge in [-0.05, 0) is 82.9 Å². The van der Waals surface area contributed by atoms with Crippen molar-refractivity contribution >= 4 is 11.1 Å². The summed E-state index contributed by atoms with van der Waals surface area (Å²) < 4.78 is 7.13. The third-order valence-corrected chi connectivity index (χ3v) is 6.40. The molecule has 0 saturated carbocycles. The minimum absolute atomic E-state index is 0.234. The molecular formula is C20H29N3O2. The molecule has 0 aliphatic carbocycles. The van der Waals surface area contributed by atoms with Gasteiger partial charge in [0, 0.05) is 13.1 Å². The zero-order valence-corrected chi connectivity index (χ0v) is 15.2. The maximum Gasteiger partial charge on any atom is 0.419 e. The van der Waals surface area contributed by atoms with Crippen molar-refractivity contribution in [3.05, 3.63) is 34.8 Å². The summed E-state index contributed by atoms with van der Waals surface area (Å²) in [5.41, 5.74) is 2.17. The van der Waals surface area contributed by atoms with Gasteiger partial charge < -0.3 is 14.2 Å². The lowest BCUT2D eigenvalue weighted by Crippen LogP contribution is -2.38. The summed E-state index contributed by atoms with van der Waals surface area (Å²) >= 11 is 0. The van der Waals surface area contributed by atoms with Gasteiger partial charge in [0.05, 0.1) is 5.52 Å². The van der Waals surface area contributed by atoms with E-state index >= 15 is 0 Å². The number of oxazole rings is 1. The second-order valence-corrected chi connectivity index (χ2v) is 7.99. The van der Waals surface area contributed by atoms with Crippen LogP contribution in [-0.4, -0.2) is 54.1 Å². The highest BCUT2D eigenvalue weighted by Gasteiger charge is 2.35. The first-order valence-electron chi connectivity index (χ1n) is 9.65. The van der Waals surface area contributed by atoms with E-state index in [9.17, 15) is 4.79 Å². The van der Waals surface area contributed by atoms with Gasteiger partial charge in [0.15, 0.2) is 5.58 Å². The smallest absolute Gasteiger partial charge is 0.408 e. The second kappa shape index (κ2) is 6.96. The monoisotopic (exact) mass is 343 g/mol. The van der Waals surface area contributed by atoms with E-state index in [1.165, 1.54) is 45.2 Å². The fourth-order valence-corrected chi connectivity index (χ4v) is 4.59. The molecule has 2 fully saturated rings. The Balaban J connectivity index is 1.39. The first-order chi connectivity index (χ1) is 12.2. The van der Waals surface area contributed by atoms with E-state index in [2.05, 4.69) is 16.8 Å². The highest BCUT2D eigenvalue weighted by molar-refractivity contribution is 5.72. The van der Waals surface area contributed by atoms with Crippen molar-refractivity contribution in [1.29, 1.82) is 0 Å². The minimum Gasteiger partial charge on any atom is -0.408 e. The lowest BCUT2D eigenvalue weighted by atomic mass is 9.73. The average molecular weight is 343 g/mol. The summed E-state index contributed by atoms with van der Waals surface area (Å²) in [5, 5.41) is 0. The van der Waals surface area contributed by atoms with E-state index < -0.39 is 0 Å². The van der Waals surface area contributed by atoms with Crippen molar-refractivity contribution in [3.8, 4) is 0 Å². The van der Waals surface area contributed by atoms with Crippen LogP contribution in [0.2, 0.25) is 0 Å². The molecule has 2 aliphatic rings. The maximum absolute atomic E-state index is 12.1. The van der Waals surface area contributed by atoms with Gasteiger partial charge in [-0.25, -0.2) is 4.79 Å². The molecule has 25 heavy (non-hydrogen) atoms. The molecule has 2 aliphatic heterocycles. The van der Waals surface area contributed by atoms with Crippen LogP contribution in [0.5, 0.6) is 0 Å². The zero-order valence-electron chi connectivity index (χ0n) is 15.2. The second-order valence-electron chi connectivity index (χ2n) is 7.99. The normalized spacial score (nSPS) is 22.4. The highest BCUT2D eigenvalue weighted by atomic mass is 16.4. The molecule has 2 saturated heterocycles. The number of benzene rings is 1. The highest BCUT2D eigenvalue weighted by Crippen LogP contribution is 2.40. The van der Waals surface area contributed by atoms with Gasteiger partial charge >= 0.3 is 5.76 Å². The third kappa shape index (κ3) is 3.53. The largest absolute Gasteiger partial charge is 0.419 e. The lowest BCUT2D eigenvalue weighted by molar-refractivity contribution is 0.104. The van der Waals surface area contributed by atoms with Gasteiger partial charge in [-0.2, -0.15) is 0 Å². The van der Waals surface area contributed by atoms with Crippen LogP contribution in [0.25, 0.3) is 11.1 Å². The third-order valence-electron chi connectivity index (χ3n) is 6.40. The quantitative estimate of drug-likeness (QED) is 0.859. The average Bonchev–Trinajstić information content (AvgIpc) is 2.81. The van der Waals surface area contributed by atoms with Crippen molar-refractivity contribution in [3.63, 3.8) is 0 Å². The molecule has 0 bridgehead atoms. The topological polar surface area (TPSA) is 41.6 Å². The Morgan fingerprint density at radius 1 is 1.00 bits per heavy atom. The number of likely N-dealkylation sites (tertiary alicyclic amines) is 2. The molecule has 1 aromatic carbocycles. The van der Waals surface area contributed by atoms with E-state index in [0.29, 0.717) is 17.5 Å². The molecule has 4 rings (SSSR count). The molecule has 5 heteroatoms. The predicted octanol–water partition coefficient (Wildman–Crippen LogP) is 2.79. The Bertz CT molecular complexity index is 771. The molecule has 1 aromatic heterocycles. The molecule has 0 N–H and O–H groups in total. The van der Waals surface area contributed by atoms with Gasteiger partial charge in [0.2, 0.25) is 0 Å². The van der Waals surface area contributed by atoms with Gasteiger partial charge in [-0.3, -0.25) is 4.57 Å². The zero-order chi connectivity index (χ0) is 17.3. The molecule has 3 heterocycles. The van der Waals surface area contributed by atoms with E-state index in [1.54, 1.807) is 4.57 Å². The fraction of sp³-hybridized carbons (Fsp3) is 0.650. The molecule has 0 amide bonds. The first kappa shape index (κ1) is 16.9. The number of para-hydroxylation sites is 2. The maximum atomic E-state index is 12.1. The number of fused-ring (bicyclic) bond motifs is 1. The van der Waals surface area contributed by atoms with Crippen LogP contribution in [0.15, 0.2) is 33.5 Å². The molecule has 0 radical (unpaired) electrons. The van der Waals surface area contributed by atoms with Crippen molar-refractivity contribution in [2.45, 2.75) is 38.6 Å². The molecule has 5 nitrogen and oxygen atoms in total. The predicted molar refractivity (Wildman–Crippen MR) is 99.9 cm³/mol. The van der Waals surface area contributed by atoms with E-state index in [0.717, 1.165) is 25.2 Å². The van der Waals surface area contributed by atoms with Gasteiger partial charge in [-0.1, -0.05) is 12.1 Å². The summed E-state index contributed by atoms with van der Waals surface area (Å²) in [6, 6.07) is 7.70. The van der Waals surface area contributed by atoms with Gasteiger partial charge in [-0.15, -0.1) is 0 Å². The first-order valence-corrected chi connectivity index (χ1v) is 9.65. The van der Waals surface area contributed by atoms with E-state index in [-0.39, 0.29) is 5.76 Å². The number of piperidine rings is 1. The van der Waals surface area contributed by atoms with Crippen molar-refractivity contribution in [2.75, 3.05) is 39.8 Å². The van der Waals surface area contributed by atoms with Gasteiger partial charge in [0.1, 0.15) is 0 Å². The Hall–Kier alpha value is -1.59. The fourth-order valence-electron chi connectivity index (χ4n) is 4.59. The SMILES string of the molecule is CN1CCC2(CCCN(CCn3c(=O)oc4ccccc43)CC2)CC1. The van der Waals surface area contributed by atoms with Crippen molar-refractivity contribution in [2.24, 2.45) is 5.41 Å². The number of aromatic nitrogens is 1. The summed E-state index contributed by atoms with van der Waals surface area (Å²) in [7, 11) is 2.24. The standard InChI is InChI=1S/C20H29N3O2/c1-21-12-8-20(9-13-21)7-4-11-22(14-10-20)15-16-23-17-5-2-3-6-18(17)25-19(23)24/h2-3,5-6H,4,7-16H2,1H3. The van der Waals surface area contributed by atoms with Gasteiger partial charge in [0.25, 0.3) is 0 Å². The molecular weight excluding hydrogens is 314 g/mol. The van der Waals surface area contributed by atoms with Crippen LogP contribution in [0, 0.1) is 5.41 Å². The van der Waals surface area contributed by atoms with Crippen LogP contribution in [0.4, 0.5) is 0 Å². The molecule has 1 spiro atoms. The summed E-state index contributed by atoms with van der Waals surface area (Å²) in [6.45, 7) is 6.45. The van der Waals surface area contributed by atoms with Crippen LogP contribution >= 0.6 is 0 Å². The van der Waals surface area contributed by atoms with E-state index in [1.807, 2.05) is 24.3 Å². The minimum atomic E-state index is -0.234. The molecule has 136 valence electrons. The Kier molecular flexibility index (Phi) is 4.69. The summed E-state index contributed by atoms with van der Waals surface area (Å²) in [6.07, 6.45) is 6.66. The number of hydrogen-bond donors (Lipinski definition) is 0. The lowest BCUT2D eigenvalue weighted by Gasteiger charge is -2.40. The van der Waals surface area contributed by atoms with Crippen LogP contribution in [-0.2, 0) is 6.54 Å².